The number of ether oxygens (including phenoxy) is 4. The van der Waals surface area contributed by atoms with Gasteiger partial charge in [-0.3, -0.25) is 4.79 Å². The van der Waals surface area contributed by atoms with Crippen molar-refractivity contribution < 1.29 is 38.1 Å². The SMILES string of the molecule is COC(=O)C1=CN=C(C#N)C1(/C=C\c1cc(Cc2ccccc2)cc(C(=O)OC)c1C(=O)OC)C(=O)OC. The highest BCUT2D eigenvalue weighted by Gasteiger charge is 2.52. The lowest BCUT2D eigenvalue weighted by atomic mass is 9.76. The number of nitrogens with zero attached hydrogens (tertiary/aromatic N) is 2. The highest BCUT2D eigenvalue weighted by molar-refractivity contribution is 6.25. The summed E-state index contributed by atoms with van der Waals surface area (Å²) < 4.78 is 19.5. The van der Waals surface area contributed by atoms with Gasteiger partial charge in [0.2, 0.25) is 0 Å². The Hall–Kier alpha value is -5.04. The van der Waals surface area contributed by atoms with Gasteiger partial charge < -0.3 is 18.9 Å². The van der Waals surface area contributed by atoms with E-state index in [4.69, 9.17) is 18.9 Å². The Morgan fingerprint density at radius 2 is 1.55 bits per heavy atom. The van der Waals surface area contributed by atoms with Gasteiger partial charge in [-0.1, -0.05) is 48.6 Å². The van der Waals surface area contributed by atoms with E-state index in [2.05, 4.69) is 4.99 Å². The zero-order valence-corrected chi connectivity index (χ0v) is 21.1. The van der Waals surface area contributed by atoms with E-state index in [0.29, 0.717) is 12.0 Å². The third-order valence-corrected chi connectivity index (χ3v) is 5.93. The monoisotopic (exact) mass is 516 g/mol. The van der Waals surface area contributed by atoms with Crippen LogP contribution in [-0.4, -0.2) is 58.0 Å². The van der Waals surface area contributed by atoms with Crippen LogP contribution in [-0.2, 0) is 35.0 Å². The third-order valence-electron chi connectivity index (χ3n) is 5.93. The molecule has 2 aromatic carbocycles. The highest BCUT2D eigenvalue weighted by Crippen LogP contribution is 2.39. The van der Waals surface area contributed by atoms with Crippen LogP contribution in [0.5, 0.6) is 0 Å². The average Bonchev–Trinajstić information content (AvgIpc) is 3.33. The van der Waals surface area contributed by atoms with Crippen molar-refractivity contribution in [2.75, 3.05) is 28.4 Å². The molecule has 1 heterocycles. The van der Waals surface area contributed by atoms with Crippen molar-refractivity contribution in [1.29, 1.82) is 5.26 Å². The fourth-order valence-corrected chi connectivity index (χ4v) is 4.11. The van der Waals surface area contributed by atoms with Crippen LogP contribution in [0, 0.1) is 16.7 Å². The molecular formula is C28H24N2O8. The lowest BCUT2D eigenvalue weighted by Crippen LogP contribution is -2.40. The molecule has 0 spiro atoms. The van der Waals surface area contributed by atoms with Crippen molar-refractivity contribution in [2.45, 2.75) is 6.42 Å². The smallest absolute Gasteiger partial charge is 0.339 e. The standard InChI is InChI=1S/C28H24N2O8/c1-35-24(31)20-14-18(12-17-8-6-5-7-9-17)13-19(23(20)26(33)37-3)10-11-28(27(34)38-4)21(25(32)36-2)16-30-22(28)15-29/h5-11,13-14,16H,12H2,1-4H3/b11-10-. The van der Waals surface area contributed by atoms with Crippen LogP contribution in [0.2, 0.25) is 0 Å². The Balaban J connectivity index is 2.30. The topological polar surface area (TPSA) is 141 Å². The number of hydrogen-bond acceptors (Lipinski definition) is 10. The molecule has 0 aliphatic carbocycles. The summed E-state index contributed by atoms with van der Waals surface area (Å²) in [6.45, 7) is 0. The zero-order chi connectivity index (χ0) is 27.9. The third kappa shape index (κ3) is 5.08. The van der Waals surface area contributed by atoms with E-state index >= 15 is 0 Å². The van der Waals surface area contributed by atoms with Crippen molar-refractivity contribution in [1.82, 2.24) is 0 Å². The molecule has 3 rings (SSSR count). The maximum Gasteiger partial charge on any atom is 0.339 e. The van der Waals surface area contributed by atoms with E-state index in [9.17, 15) is 24.4 Å². The van der Waals surface area contributed by atoms with Gasteiger partial charge in [-0.05, 0) is 29.2 Å². The molecule has 1 unspecified atom stereocenters. The lowest BCUT2D eigenvalue weighted by Gasteiger charge is -2.24. The number of carbonyl (C=O) groups excluding carboxylic acids is 4. The van der Waals surface area contributed by atoms with Crippen LogP contribution >= 0.6 is 0 Å². The van der Waals surface area contributed by atoms with Crippen LogP contribution < -0.4 is 0 Å². The van der Waals surface area contributed by atoms with E-state index in [1.165, 1.54) is 25.3 Å². The number of nitriles is 1. The van der Waals surface area contributed by atoms with Crippen LogP contribution in [0.15, 0.2) is 65.3 Å². The van der Waals surface area contributed by atoms with Crippen molar-refractivity contribution in [2.24, 2.45) is 10.4 Å². The molecule has 38 heavy (non-hydrogen) atoms. The van der Waals surface area contributed by atoms with E-state index in [1.807, 2.05) is 36.4 Å². The molecule has 0 radical (unpaired) electrons. The summed E-state index contributed by atoms with van der Waals surface area (Å²) in [6, 6.07) is 14.4. The number of esters is 4. The second-order valence-corrected chi connectivity index (χ2v) is 8.01. The summed E-state index contributed by atoms with van der Waals surface area (Å²) in [7, 11) is 4.54. The van der Waals surface area contributed by atoms with Gasteiger partial charge in [-0.15, -0.1) is 0 Å². The number of benzene rings is 2. The second kappa shape index (κ2) is 11.8. The molecule has 0 fully saturated rings. The Morgan fingerprint density at radius 3 is 2.13 bits per heavy atom. The summed E-state index contributed by atoms with van der Waals surface area (Å²) in [6.07, 6.45) is 4.00. The molecule has 1 aliphatic heterocycles. The number of methoxy groups -OCH3 is 4. The number of rotatable bonds is 8. The largest absolute Gasteiger partial charge is 0.468 e. The molecular weight excluding hydrogens is 492 g/mol. The summed E-state index contributed by atoms with van der Waals surface area (Å²) >= 11 is 0. The lowest BCUT2D eigenvalue weighted by molar-refractivity contribution is -0.148. The van der Waals surface area contributed by atoms with Gasteiger partial charge in [0.05, 0.1) is 45.1 Å². The maximum atomic E-state index is 13.0. The predicted octanol–water partition coefficient (Wildman–Crippen LogP) is 3.06. The van der Waals surface area contributed by atoms with Crippen LogP contribution in [0.1, 0.15) is 37.4 Å². The van der Waals surface area contributed by atoms with Gasteiger partial charge in [0, 0.05) is 6.20 Å². The van der Waals surface area contributed by atoms with Crippen LogP contribution in [0.25, 0.3) is 6.08 Å². The Bertz CT molecular complexity index is 1420. The molecule has 0 aromatic heterocycles. The molecule has 2 aromatic rings. The van der Waals surface area contributed by atoms with E-state index in [-0.39, 0.29) is 28.0 Å². The fourth-order valence-electron chi connectivity index (χ4n) is 4.11. The summed E-state index contributed by atoms with van der Waals surface area (Å²) in [5.74, 6) is -3.51. The molecule has 1 aliphatic rings. The number of hydrogen-bond donors (Lipinski definition) is 0. The summed E-state index contributed by atoms with van der Waals surface area (Å²) in [5, 5.41) is 9.71. The van der Waals surface area contributed by atoms with Gasteiger partial charge >= 0.3 is 23.9 Å². The first-order chi connectivity index (χ1) is 18.3. The Labute approximate surface area is 218 Å². The van der Waals surface area contributed by atoms with Gasteiger partial charge in [0.15, 0.2) is 5.41 Å². The number of aliphatic imine (C=N–C) groups is 1. The normalized spacial score (nSPS) is 16.2. The molecule has 0 saturated carbocycles. The highest BCUT2D eigenvalue weighted by atomic mass is 16.5. The van der Waals surface area contributed by atoms with Gasteiger partial charge in [-0.2, -0.15) is 5.26 Å². The Kier molecular flexibility index (Phi) is 8.55. The van der Waals surface area contributed by atoms with E-state index < -0.39 is 29.3 Å². The van der Waals surface area contributed by atoms with Crippen molar-refractivity contribution in [3.8, 4) is 6.07 Å². The van der Waals surface area contributed by atoms with Crippen molar-refractivity contribution in [3.05, 3.63) is 88.1 Å². The molecule has 0 saturated heterocycles. The maximum absolute atomic E-state index is 13.0. The average molecular weight is 517 g/mol. The van der Waals surface area contributed by atoms with Gasteiger partial charge in [-0.25, -0.2) is 19.4 Å². The fraction of sp³-hybridized carbons (Fsp3) is 0.214. The summed E-state index contributed by atoms with van der Waals surface area (Å²) in [4.78, 5) is 55.0. The van der Waals surface area contributed by atoms with Gasteiger partial charge in [0.1, 0.15) is 11.8 Å². The first kappa shape index (κ1) is 27.5. The zero-order valence-electron chi connectivity index (χ0n) is 21.1. The van der Waals surface area contributed by atoms with E-state index in [1.54, 1.807) is 6.07 Å². The Morgan fingerprint density at radius 1 is 0.895 bits per heavy atom. The molecule has 194 valence electrons. The first-order valence-electron chi connectivity index (χ1n) is 11.2. The molecule has 10 nitrogen and oxygen atoms in total. The van der Waals surface area contributed by atoms with Crippen molar-refractivity contribution in [3.63, 3.8) is 0 Å². The number of carbonyl (C=O) groups is 4. The minimum absolute atomic E-state index is 0.0659. The molecule has 0 bridgehead atoms. The minimum atomic E-state index is -2.05. The summed E-state index contributed by atoms with van der Waals surface area (Å²) in [5.41, 5.74) is -1.11. The van der Waals surface area contributed by atoms with Crippen LogP contribution in [0.4, 0.5) is 0 Å². The molecule has 10 heteroatoms. The predicted molar refractivity (Wildman–Crippen MR) is 135 cm³/mol. The van der Waals surface area contributed by atoms with Crippen molar-refractivity contribution >= 4 is 35.7 Å². The minimum Gasteiger partial charge on any atom is -0.468 e. The van der Waals surface area contributed by atoms with E-state index in [0.717, 1.165) is 33.1 Å². The first-order valence-corrected chi connectivity index (χ1v) is 11.2. The molecule has 0 N–H and O–H groups in total. The van der Waals surface area contributed by atoms with Gasteiger partial charge in [0.25, 0.3) is 0 Å². The quantitative estimate of drug-likeness (QED) is 0.382. The molecule has 1 atom stereocenters. The second-order valence-electron chi connectivity index (χ2n) is 8.01. The molecule has 0 amide bonds. The van der Waals surface area contributed by atoms with Crippen LogP contribution in [0.3, 0.4) is 0 Å².